The van der Waals surface area contributed by atoms with Gasteiger partial charge in [0.1, 0.15) is 0 Å². The number of allylic oxidation sites excluding steroid dienone is 2. The molecule has 3 fully saturated rings. The van der Waals surface area contributed by atoms with Crippen LogP contribution < -0.4 is 11.4 Å². The van der Waals surface area contributed by atoms with Gasteiger partial charge in [-0.1, -0.05) is 30.4 Å². The third-order valence-corrected chi connectivity index (χ3v) is 7.13. The number of hydrogen-bond acceptors (Lipinski definition) is 4. The van der Waals surface area contributed by atoms with Gasteiger partial charge in [0.25, 0.3) is 0 Å². The molecule has 6 atom stereocenters. The number of rotatable bonds is 1. The van der Waals surface area contributed by atoms with E-state index in [2.05, 4.69) is 12.2 Å². The van der Waals surface area contributed by atoms with Crippen LogP contribution in [0, 0.1) is 10.8 Å². The van der Waals surface area contributed by atoms with Crippen LogP contribution in [-0.2, 0) is 9.47 Å². The smallest absolute Gasteiger partial charge is 0.352 e. The number of benzene rings is 1. The average Bonchev–Trinajstić information content (AvgIpc) is 3.21. The summed E-state index contributed by atoms with van der Waals surface area (Å²) in [5.74, 6) is 0. The van der Waals surface area contributed by atoms with E-state index in [4.69, 9.17) is 9.47 Å². The lowest BCUT2D eigenvalue weighted by molar-refractivity contribution is -0.102. The van der Waals surface area contributed by atoms with Crippen LogP contribution in [0.1, 0.15) is 12.1 Å². The summed E-state index contributed by atoms with van der Waals surface area (Å²) in [5.41, 5.74) is -0.354. The molecule has 0 spiro atoms. The number of para-hydroxylation sites is 1. The highest BCUT2D eigenvalue weighted by molar-refractivity contribution is 5.42. The van der Waals surface area contributed by atoms with E-state index in [9.17, 15) is 9.59 Å². The summed E-state index contributed by atoms with van der Waals surface area (Å²) in [6.07, 6.45) is 4.46. The van der Waals surface area contributed by atoms with Crippen LogP contribution in [-0.4, -0.2) is 39.4 Å². The highest BCUT2D eigenvalue weighted by Gasteiger charge is 2.90. The molecule has 0 N–H and O–H groups in total. The van der Waals surface area contributed by atoms with Crippen molar-refractivity contribution in [1.29, 1.82) is 0 Å². The van der Waals surface area contributed by atoms with E-state index in [-0.39, 0.29) is 46.5 Å². The lowest BCUT2D eigenvalue weighted by Gasteiger charge is -2.61. The summed E-state index contributed by atoms with van der Waals surface area (Å²) >= 11 is 0. The van der Waals surface area contributed by atoms with Crippen LogP contribution in [0.15, 0.2) is 52.1 Å². The van der Waals surface area contributed by atoms with Crippen molar-refractivity contribution >= 4 is 0 Å². The van der Waals surface area contributed by atoms with Gasteiger partial charge in [0, 0.05) is 0 Å². The van der Waals surface area contributed by atoms with Crippen LogP contribution in [0.3, 0.4) is 0 Å². The van der Waals surface area contributed by atoms with E-state index in [0.717, 1.165) is 0 Å². The summed E-state index contributed by atoms with van der Waals surface area (Å²) in [6.45, 7) is 1.19. The number of nitrogens with zero attached hydrogens (tertiary/aromatic N) is 3. The summed E-state index contributed by atoms with van der Waals surface area (Å²) in [5, 5.41) is 0. The first kappa shape index (κ1) is 12.9. The molecule has 1 aromatic carbocycles. The van der Waals surface area contributed by atoms with Crippen molar-refractivity contribution in [3.63, 3.8) is 0 Å². The van der Waals surface area contributed by atoms with Crippen molar-refractivity contribution in [2.24, 2.45) is 10.8 Å². The maximum absolute atomic E-state index is 13.2. The Bertz CT molecular complexity index is 1030. The third-order valence-electron chi connectivity index (χ3n) is 7.13. The largest absolute Gasteiger partial charge is 0.380 e. The highest BCUT2D eigenvalue weighted by Crippen LogP contribution is 2.81. The standard InChI is InChI=1S/C18H15N3O4/c22-15-19(10-4-2-1-3-5-10)16(23)21-12-7-6-11(20(15)21)17-8-24-9-18(12,17)14-13(17)25-14/h1-7,11-14H,8-9H2/t11-,12+,13-,14+,17-,18+. The van der Waals surface area contributed by atoms with Crippen LogP contribution in [0.4, 0.5) is 0 Å². The van der Waals surface area contributed by atoms with Gasteiger partial charge in [0.05, 0.1) is 54.0 Å². The molecule has 2 aromatic rings. The van der Waals surface area contributed by atoms with Crippen molar-refractivity contribution < 1.29 is 9.47 Å². The third kappa shape index (κ3) is 1.04. The fraction of sp³-hybridized carbons (Fsp3) is 0.444. The topological polar surface area (TPSA) is 70.7 Å². The molecule has 4 aliphatic heterocycles. The second kappa shape index (κ2) is 3.59. The molecule has 1 aromatic heterocycles. The zero-order valence-corrected chi connectivity index (χ0v) is 13.2. The van der Waals surface area contributed by atoms with E-state index in [1.165, 1.54) is 4.57 Å². The van der Waals surface area contributed by atoms with Crippen LogP contribution >= 0.6 is 0 Å². The Morgan fingerprint density at radius 2 is 1.44 bits per heavy atom. The van der Waals surface area contributed by atoms with Gasteiger partial charge in [-0.3, -0.25) is 0 Å². The highest BCUT2D eigenvalue weighted by atomic mass is 16.6. The fourth-order valence-corrected chi connectivity index (χ4v) is 6.14. The molecule has 7 nitrogen and oxygen atoms in total. The molecule has 1 saturated carbocycles. The van der Waals surface area contributed by atoms with Gasteiger partial charge in [-0.25, -0.2) is 23.5 Å². The van der Waals surface area contributed by atoms with Crippen LogP contribution in [0.25, 0.3) is 5.69 Å². The number of aromatic nitrogens is 3. The molecule has 0 radical (unpaired) electrons. The summed E-state index contributed by atoms with van der Waals surface area (Å²) < 4.78 is 16.4. The predicted molar refractivity (Wildman–Crippen MR) is 85.8 cm³/mol. The average molecular weight is 337 g/mol. The molecule has 8 rings (SSSR count). The Kier molecular flexibility index (Phi) is 1.85. The van der Waals surface area contributed by atoms with Gasteiger partial charge < -0.3 is 9.47 Å². The maximum atomic E-state index is 13.2. The lowest BCUT2D eigenvalue weighted by atomic mass is 9.43. The Hall–Kier alpha value is -2.38. The van der Waals surface area contributed by atoms with Gasteiger partial charge in [0.15, 0.2) is 0 Å². The van der Waals surface area contributed by atoms with Crippen molar-refractivity contribution in [2.45, 2.75) is 24.3 Å². The van der Waals surface area contributed by atoms with E-state index < -0.39 is 0 Å². The minimum Gasteiger partial charge on any atom is -0.380 e. The summed E-state index contributed by atoms with van der Waals surface area (Å²) in [6, 6.07) is 8.76. The van der Waals surface area contributed by atoms with Gasteiger partial charge in [0.2, 0.25) is 0 Å². The van der Waals surface area contributed by atoms with E-state index >= 15 is 0 Å². The molecular formula is C18H15N3O4. The monoisotopic (exact) mass is 337 g/mol. The second-order valence-corrected chi connectivity index (χ2v) is 7.75. The summed E-state index contributed by atoms with van der Waals surface area (Å²) in [4.78, 5) is 26.4. The van der Waals surface area contributed by atoms with Gasteiger partial charge in [-0.2, -0.15) is 0 Å². The zero-order chi connectivity index (χ0) is 16.6. The van der Waals surface area contributed by atoms with Crippen LogP contribution in [0.5, 0.6) is 0 Å². The Balaban J connectivity index is 1.56. The van der Waals surface area contributed by atoms with Crippen molar-refractivity contribution in [3.05, 3.63) is 63.5 Å². The molecule has 25 heavy (non-hydrogen) atoms. The molecular weight excluding hydrogens is 322 g/mol. The van der Waals surface area contributed by atoms with Crippen molar-refractivity contribution in [1.82, 2.24) is 13.9 Å². The molecule has 126 valence electrons. The molecule has 7 heteroatoms. The quantitative estimate of drug-likeness (QED) is 0.552. The van der Waals surface area contributed by atoms with Gasteiger partial charge >= 0.3 is 11.4 Å². The molecule has 2 aliphatic carbocycles. The molecule has 6 aliphatic rings. The van der Waals surface area contributed by atoms with Gasteiger partial charge in [-0.15, -0.1) is 0 Å². The van der Waals surface area contributed by atoms with Crippen molar-refractivity contribution in [2.75, 3.05) is 13.2 Å². The SMILES string of the molecule is O=c1n(-c2ccccc2)c(=O)n2n1[C@H]1C=C[C@@H]2[C@@]23COC[C@@]12[C@H]1O[C@H]13. The van der Waals surface area contributed by atoms with E-state index in [0.29, 0.717) is 18.9 Å². The zero-order valence-electron chi connectivity index (χ0n) is 13.2. The molecule has 0 amide bonds. The minimum absolute atomic E-state index is 0.156. The Morgan fingerprint density at radius 1 is 0.880 bits per heavy atom. The normalized spacial score (nSPS) is 43.8. The Labute approximate surface area is 141 Å². The molecule has 2 saturated heterocycles. The first-order valence-corrected chi connectivity index (χ1v) is 8.65. The molecule has 5 heterocycles. The first-order chi connectivity index (χ1) is 12.2. The number of ether oxygens (including phenoxy) is 2. The van der Waals surface area contributed by atoms with E-state index in [1.807, 2.05) is 18.2 Å². The van der Waals surface area contributed by atoms with E-state index in [1.54, 1.807) is 21.5 Å². The second-order valence-electron chi connectivity index (χ2n) is 7.75. The maximum Gasteiger partial charge on any atom is 0.352 e. The molecule has 0 unspecified atom stereocenters. The lowest BCUT2D eigenvalue weighted by Crippen LogP contribution is -2.71. The fourth-order valence-electron chi connectivity index (χ4n) is 6.14. The summed E-state index contributed by atoms with van der Waals surface area (Å²) in [7, 11) is 0. The van der Waals surface area contributed by atoms with Gasteiger partial charge in [-0.05, 0) is 12.1 Å². The molecule has 2 bridgehead atoms. The van der Waals surface area contributed by atoms with Crippen LogP contribution in [0.2, 0.25) is 0 Å². The minimum atomic E-state index is -0.283. The van der Waals surface area contributed by atoms with Crippen molar-refractivity contribution in [3.8, 4) is 5.69 Å². The Morgan fingerprint density at radius 3 is 2.00 bits per heavy atom. The number of epoxide rings is 1. The number of fused-ring (bicyclic) bond motifs is 1. The first-order valence-electron chi connectivity index (χ1n) is 8.65. The number of hydrogen-bond donors (Lipinski definition) is 0. The predicted octanol–water partition coefficient (Wildman–Crippen LogP) is 0.250.